The molecule has 1 amide bonds. The molecule has 1 heterocycles. The minimum Gasteiger partial charge on any atom is -0.497 e. The fraction of sp³-hybridized carbons (Fsp3) is 0.409. The molecule has 2 aromatic rings. The van der Waals surface area contributed by atoms with Gasteiger partial charge in [-0.25, -0.2) is 0 Å². The summed E-state index contributed by atoms with van der Waals surface area (Å²) in [4.78, 5) is 16.7. The molecule has 0 saturated carbocycles. The Morgan fingerprint density at radius 1 is 1.03 bits per heavy atom. The van der Waals surface area contributed by atoms with Crippen molar-refractivity contribution in [3.05, 3.63) is 48.0 Å². The Labute approximate surface area is 179 Å². The van der Waals surface area contributed by atoms with E-state index in [1.54, 1.807) is 31.4 Å². The lowest BCUT2D eigenvalue weighted by atomic mass is 10.1. The average molecular weight is 437 g/mol. The summed E-state index contributed by atoms with van der Waals surface area (Å²) in [6.07, 6.45) is -4.37. The zero-order chi connectivity index (χ0) is 22.6. The van der Waals surface area contributed by atoms with E-state index in [0.717, 1.165) is 6.07 Å². The molecule has 1 aliphatic heterocycles. The lowest BCUT2D eigenvalue weighted by Crippen LogP contribution is -2.52. The minimum atomic E-state index is -4.37. The van der Waals surface area contributed by atoms with E-state index in [0.29, 0.717) is 49.1 Å². The lowest BCUT2D eigenvalue weighted by molar-refractivity contribution is -0.137. The molecule has 0 unspecified atom stereocenters. The van der Waals surface area contributed by atoms with Crippen LogP contribution in [-0.2, 0) is 11.0 Å². The zero-order valence-corrected chi connectivity index (χ0v) is 17.7. The molecule has 1 saturated heterocycles. The fourth-order valence-corrected chi connectivity index (χ4v) is 3.56. The number of benzene rings is 2. The molecule has 1 fully saturated rings. The number of rotatable bonds is 6. The number of nitrogens with one attached hydrogen (secondary N) is 1. The number of carbonyl (C=O) groups is 1. The van der Waals surface area contributed by atoms with Crippen LogP contribution in [0.3, 0.4) is 0 Å². The van der Waals surface area contributed by atoms with E-state index in [4.69, 9.17) is 9.47 Å². The van der Waals surface area contributed by atoms with Crippen molar-refractivity contribution in [1.29, 1.82) is 0 Å². The Hall–Kier alpha value is -2.94. The van der Waals surface area contributed by atoms with Crippen molar-refractivity contribution in [2.24, 2.45) is 0 Å². The maximum atomic E-state index is 13.0. The summed E-state index contributed by atoms with van der Waals surface area (Å²) in [7, 11) is 3.06. The van der Waals surface area contributed by atoms with Gasteiger partial charge in [-0.05, 0) is 37.3 Å². The van der Waals surface area contributed by atoms with Gasteiger partial charge in [-0.3, -0.25) is 9.69 Å². The predicted octanol–water partition coefficient (Wildman–Crippen LogP) is 3.87. The second-order valence-electron chi connectivity index (χ2n) is 7.30. The quantitative estimate of drug-likeness (QED) is 0.744. The van der Waals surface area contributed by atoms with E-state index >= 15 is 0 Å². The normalized spacial score (nSPS) is 16.0. The van der Waals surface area contributed by atoms with Gasteiger partial charge in [0, 0.05) is 37.9 Å². The largest absolute Gasteiger partial charge is 0.497 e. The predicted molar refractivity (Wildman–Crippen MR) is 113 cm³/mol. The standard InChI is InChI=1S/C22H26F3N3O3/c1-15(21(29)26-19-14-18(30-2)7-8-20(19)31-3)27-9-11-28(12-10-27)17-6-4-5-16(13-17)22(23,24)25/h4-8,13-15H,9-12H2,1-3H3,(H,26,29)/t15-/m1/s1. The van der Waals surface area contributed by atoms with E-state index in [-0.39, 0.29) is 5.91 Å². The van der Waals surface area contributed by atoms with Crippen LogP contribution in [0, 0.1) is 0 Å². The van der Waals surface area contributed by atoms with Crippen LogP contribution in [0.5, 0.6) is 11.5 Å². The summed E-state index contributed by atoms with van der Waals surface area (Å²) in [6, 6.07) is 10.1. The van der Waals surface area contributed by atoms with Crippen molar-refractivity contribution in [3.8, 4) is 11.5 Å². The van der Waals surface area contributed by atoms with E-state index in [1.807, 2.05) is 16.7 Å². The highest BCUT2D eigenvalue weighted by atomic mass is 19.4. The van der Waals surface area contributed by atoms with Crippen LogP contribution in [0.2, 0.25) is 0 Å². The van der Waals surface area contributed by atoms with Crippen molar-refractivity contribution in [2.75, 3.05) is 50.6 Å². The first-order chi connectivity index (χ1) is 14.7. The van der Waals surface area contributed by atoms with Crippen molar-refractivity contribution in [3.63, 3.8) is 0 Å². The molecule has 0 bridgehead atoms. The maximum Gasteiger partial charge on any atom is 0.416 e. The van der Waals surface area contributed by atoms with Crippen LogP contribution in [0.25, 0.3) is 0 Å². The number of hydrogen-bond donors (Lipinski definition) is 1. The van der Waals surface area contributed by atoms with Gasteiger partial charge in [-0.1, -0.05) is 6.07 Å². The average Bonchev–Trinajstić information content (AvgIpc) is 2.78. The molecule has 0 spiro atoms. The molecule has 2 aromatic carbocycles. The fourth-order valence-electron chi connectivity index (χ4n) is 3.56. The van der Waals surface area contributed by atoms with Crippen molar-refractivity contribution >= 4 is 17.3 Å². The summed E-state index contributed by atoms with van der Waals surface area (Å²) < 4.78 is 49.5. The summed E-state index contributed by atoms with van der Waals surface area (Å²) in [6.45, 7) is 3.98. The van der Waals surface area contributed by atoms with Crippen LogP contribution in [-0.4, -0.2) is 57.2 Å². The Balaban J connectivity index is 1.61. The topological polar surface area (TPSA) is 54.0 Å². The third kappa shape index (κ3) is 5.41. The summed E-state index contributed by atoms with van der Waals surface area (Å²) >= 11 is 0. The SMILES string of the molecule is COc1ccc(OC)c(NC(=O)[C@@H](C)N2CCN(c3cccc(C(F)(F)F)c3)CC2)c1. The van der Waals surface area contributed by atoms with E-state index < -0.39 is 17.8 Å². The first-order valence-corrected chi connectivity index (χ1v) is 9.92. The van der Waals surface area contributed by atoms with E-state index in [1.165, 1.54) is 19.2 Å². The number of amides is 1. The van der Waals surface area contributed by atoms with Gasteiger partial charge in [0.05, 0.1) is 31.5 Å². The van der Waals surface area contributed by atoms with Gasteiger partial charge < -0.3 is 19.7 Å². The second-order valence-corrected chi connectivity index (χ2v) is 7.30. The van der Waals surface area contributed by atoms with Crippen LogP contribution >= 0.6 is 0 Å². The summed E-state index contributed by atoms with van der Waals surface area (Å²) in [5.41, 5.74) is 0.390. The molecule has 1 N–H and O–H groups in total. The Kier molecular flexibility index (Phi) is 6.94. The number of hydrogen-bond acceptors (Lipinski definition) is 5. The van der Waals surface area contributed by atoms with Crippen molar-refractivity contribution in [2.45, 2.75) is 19.1 Å². The highest BCUT2D eigenvalue weighted by molar-refractivity contribution is 5.96. The van der Waals surface area contributed by atoms with E-state index in [9.17, 15) is 18.0 Å². The van der Waals surface area contributed by atoms with Gasteiger partial charge in [0.15, 0.2) is 0 Å². The molecule has 0 radical (unpaired) electrons. The van der Waals surface area contributed by atoms with Crippen LogP contribution in [0.15, 0.2) is 42.5 Å². The Morgan fingerprint density at radius 3 is 2.35 bits per heavy atom. The molecule has 1 aliphatic rings. The molecular weight excluding hydrogens is 411 g/mol. The van der Waals surface area contributed by atoms with Crippen LogP contribution in [0.1, 0.15) is 12.5 Å². The molecule has 31 heavy (non-hydrogen) atoms. The Bertz CT molecular complexity index is 912. The first kappa shape index (κ1) is 22.7. The summed E-state index contributed by atoms with van der Waals surface area (Å²) in [5.74, 6) is 0.924. The molecule has 0 aliphatic carbocycles. The number of methoxy groups -OCH3 is 2. The lowest BCUT2D eigenvalue weighted by Gasteiger charge is -2.38. The Morgan fingerprint density at radius 2 is 1.74 bits per heavy atom. The highest BCUT2D eigenvalue weighted by Gasteiger charge is 2.31. The smallest absolute Gasteiger partial charge is 0.416 e. The first-order valence-electron chi connectivity index (χ1n) is 9.92. The highest BCUT2D eigenvalue weighted by Crippen LogP contribution is 2.32. The number of piperazine rings is 1. The second kappa shape index (κ2) is 9.47. The number of alkyl halides is 3. The number of carbonyl (C=O) groups excluding carboxylic acids is 1. The third-order valence-corrected chi connectivity index (χ3v) is 5.44. The number of nitrogens with zero attached hydrogens (tertiary/aromatic N) is 2. The van der Waals surface area contributed by atoms with Crippen molar-refractivity contribution < 1.29 is 27.4 Å². The van der Waals surface area contributed by atoms with Gasteiger partial charge in [-0.2, -0.15) is 13.2 Å². The van der Waals surface area contributed by atoms with Gasteiger partial charge in [0.25, 0.3) is 0 Å². The van der Waals surface area contributed by atoms with Gasteiger partial charge in [0.1, 0.15) is 11.5 Å². The molecule has 9 heteroatoms. The van der Waals surface area contributed by atoms with E-state index in [2.05, 4.69) is 5.32 Å². The van der Waals surface area contributed by atoms with Crippen LogP contribution < -0.4 is 19.7 Å². The molecule has 168 valence electrons. The molecule has 3 rings (SSSR count). The van der Waals surface area contributed by atoms with Gasteiger partial charge in [0.2, 0.25) is 5.91 Å². The number of halogens is 3. The molecule has 1 atom stereocenters. The van der Waals surface area contributed by atoms with Crippen LogP contribution in [0.4, 0.5) is 24.5 Å². The van der Waals surface area contributed by atoms with Crippen molar-refractivity contribution in [1.82, 2.24) is 4.90 Å². The van der Waals surface area contributed by atoms with Gasteiger partial charge in [-0.15, -0.1) is 0 Å². The monoisotopic (exact) mass is 437 g/mol. The molecule has 6 nitrogen and oxygen atoms in total. The summed E-state index contributed by atoms with van der Waals surface area (Å²) in [5, 5.41) is 2.88. The maximum absolute atomic E-state index is 13.0. The van der Waals surface area contributed by atoms with Gasteiger partial charge >= 0.3 is 6.18 Å². The zero-order valence-electron chi connectivity index (χ0n) is 17.7. The third-order valence-electron chi connectivity index (χ3n) is 5.44. The number of ether oxygens (including phenoxy) is 2. The molecular formula is C22H26F3N3O3. The number of anilines is 2. The minimum absolute atomic E-state index is 0.195. The molecule has 0 aromatic heterocycles.